The molecule has 0 aliphatic carbocycles. The van der Waals surface area contributed by atoms with Crippen LogP contribution in [-0.2, 0) is 21.2 Å². The van der Waals surface area contributed by atoms with Gasteiger partial charge in [0.1, 0.15) is 0 Å². The summed E-state index contributed by atoms with van der Waals surface area (Å²) in [4.78, 5) is 14.3. The number of nitrogens with one attached hydrogen (secondary N) is 1. The van der Waals surface area contributed by atoms with Crippen molar-refractivity contribution in [3.63, 3.8) is 0 Å². The Kier molecular flexibility index (Phi) is 7.13. The summed E-state index contributed by atoms with van der Waals surface area (Å²) in [6.07, 6.45) is 5.67. The first-order chi connectivity index (χ1) is 13.1. The highest BCUT2D eigenvalue weighted by atomic mass is 32.2. The average molecular weight is 394 g/mol. The lowest BCUT2D eigenvalue weighted by atomic mass is 10.2. The van der Waals surface area contributed by atoms with Crippen molar-refractivity contribution < 1.29 is 13.2 Å². The number of nitrogens with zero attached hydrogens (tertiary/aromatic N) is 2. The molecule has 1 N–H and O–H groups in total. The molecule has 0 aromatic heterocycles. The number of rotatable bonds is 9. The third-order valence-corrected chi connectivity index (χ3v) is 7.41. The van der Waals surface area contributed by atoms with Crippen LogP contribution in [-0.4, -0.2) is 57.1 Å². The topological polar surface area (TPSA) is 69.7 Å². The van der Waals surface area contributed by atoms with Gasteiger partial charge in [-0.1, -0.05) is 24.6 Å². The molecule has 0 saturated carbocycles. The summed E-state index contributed by atoms with van der Waals surface area (Å²) in [5.41, 5.74) is 2.65. The number of carbonyl (C=O) groups excluding carboxylic acids is 1. The number of benzene rings is 1. The zero-order chi connectivity index (χ0) is 19.1. The van der Waals surface area contributed by atoms with Crippen LogP contribution in [0.1, 0.15) is 44.1 Å². The molecule has 6 nitrogen and oxygen atoms in total. The maximum absolute atomic E-state index is 12.3. The second kappa shape index (κ2) is 9.55. The van der Waals surface area contributed by atoms with E-state index in [0.717, 1.165) is 38.8 Å². The van der Waals surface area contributed by atoms with Crippen molar-refractivity contribution in [3.8, 4) is 0 Å². The molecule has 1 saturated heterocycles. The normalized spacial score (nSPS) is 17.7. The van der Waals surface area contributed by atoms with Crippen molar-refractivity contribution in [3.05, 3.63) is 29.8 Å². The van der Waals surface area contributed by atoms with Gasteiger partial charge in [0, 0.05) is 44.8 Å². The first-order valence-corrected chi connectivity index (χ1v) is 11.7. The van der Waals surface area contributed by atoms with E-state index in [-0.39, 0.29) is 11.7 Å². The van der Waals surface area contributed by atoms with E-state index >= 15 is 0 Å². The van der Waals surface area contributed by atoms with Crippen LogP contribution in [0.4, 0.5) is 5.69 Å². The summed E-state index contributed by atoms with van der Waals surface area (Å²) in [6, 6.07) is 8.40. The van der Waals surface area contributed by atoms with Crippen LogP contribution in [0.3, 0.4) is 0 Å². The fourth-order valence-electron chi connectivity index (χ4n) is 3.90. The molecule has 0 radical (unpaired) electrons. The molecule has 27 heavy (non-hydrogen) atoms. The highest BCUT2D eigenvalue weighted by molar-refractivity contribution is 7.89. The molecule has 1 amide bonds. The van der Waals surface area contributed by atoms with Crippen LogP contribution < -0.4 is 10.2 Å². The zero-order valence-corrected chi connectivity index (χ0v) is 16.8. The maximum atomic E-state index is 12.3. The Morgan fingerprint density at radius 2 is 1.81 bits per heavy atom. The number of para-hydroxylation sites is 1. The molecule has 150 valence electrons. The summed E-state index contributed by atoms with van der Waals surface area (Å²) in [6.45, 7) is 3.75. The van der Waals surface area contributed by atoms with Gasteiger partial charge in [0.25, 0.3) is 0 Å². The Labute approximate surface area is 163 Å². The summed E-state index contributed by atoms with van der Waals surface area (Å²) in [5, 5.41) is 2.96. The molecule has 3 rings (SSSR count). The molecule has 7 heteroatoms. The van der Waals surface area contributed by atoms with E-state index in [9.17, 15) is 13.2 Å². The van der Waals surface area contributed by atoms with E-state index in [1.54, 1.807) is 4.31 Å². The lowest BCUT2D eigenvalue weighted by Crippen LogP contribution is -2.37. The van der Waals surface area contributed by atoms with Gasteiger partial charge in [-0.05, 0) is 43.7 Å². The minimum atomic E-state index is -3.14. The average Bonchev–Trinajstić information content (AvgIpc) is 3.09. The Bertz CT molecular complexity index is 730. The first-order valence-electron chi connectivity index (χ1n) is 10.1. The molecule has 0 unspecified atom stereocenters. The Morgan fingerprint density at radius 3 is 2.63 bits per heavy atom. The number of amides is 1. The minimum absolute atomic E-state index is 0.0119. The van der Waals surface area contributed by atoms with E-state index in [1.165, 1.54) is 11.3 Å². The number of carbonyl (C=O) groups is 1. The maximum Gasteiger partial charge on any atom is 0.220 e. The predicted octanol–water partition coefficient (Wildman–Crippen LogP) is 2.15. The standard InChI is InChI=1S/C20H31N3O3S/c24-20(10-4-7-17-27(25,26)23-13-5-1-6-14-23)21-12-16-22-15-11-18-8-2-3-9-19(18)22/h2-3,8-9H,1,4-7,10-17H2,(H,21,24). The molecule has 0 spiro atoms. The SMILES string of the molecule is O=C(CCCCS(=O)(=O)N1CCCCC1)NCCN1CCc2ccccc21. The molecule has 0 atom stereocenters. The van der Waals surface area contributed by atoms with Crippen molar-refractivity contribution >= 4 is 21.6 Å². The van der Waals surface area contributed by atoms with E-state index in [2.05, 4.69) is 28.4 Å². The van der Waals surface area contributed by atoms with Crippen LogP contribution in [0.25, 0.3) is 0 Å². The molecule has 1 aromatic rings. The van der Waals surface area contributed by atoms with E-state index in [0.29, 0.717) is 38.9 Å². The van der Waals surface area contributed by atoms with Crippen LogP contribution in [0.5, 0.6) is 0 Å². The minimum Gasteiger partial charge on any atom is -0.369 e. The summed E-state index contributed by atoms with van der Waals surface area (Å²) < 4.78 is 26.2. The molecule has 2 aliphatic heterocycles. The van der Waals surface area contributed by atoms with Crippen LogP contribution in [0, 0.1) is 0 Å². The second-order valence-electron chi connectivity index (χ2n) is 7.45. The lowest BCUT2D eigenvalue weighted by Gasteiger charge is -2.25. The quantitative estimate of drug-likeness (QED) is 0.653. The van der Waals surface area contributed by atoms with Gasteiger partial charge in [-0.2, -0.15) is 0 Å². The van der Waals surface area contributed by atoms with Crippen molar-refractivity contribution in [2.45, 2.75) is 44.9 Å². The van der Waals surface area contributed by atoms with Crippen LogP contribution in [0.15, 0.2) is 24.3 Å². The van der Waals surface area contributed by atoms with Crippen molar-refractivity contribution in [1.29, 1.82) is 0 Å². The van der Waals surface area contributed by atoms with Gasteiger partial charge in [-0.3, -0.25) is 4.79 Å². The van der Waals surface area contributed by atoms with Crippen LogP contribution in [0.2, 0.25) is 0 Å². The Morgan fingerprint density at radius 1 is 1.04 bits per heavy atom. The zero-order valence-electron chi connectivity index (χ0n) is 16.0. The number of piperidine rings is 1. The number of hydrogen-bond acceptors (Lipinski definition) is 4. The van der Waals surface area contributed by atoms with Crippen molar-refractivity contribution in [1.82, 2.24) is 9.62 Å². The monoisotopic (exact) mass is 393 g/mol. The molecule has 0 bridgehead atoms. The fraction of sp³-hybridized carbons (Fsp3) is 0.650. The third-order valence-electron chi connectivity index (χ3n) is 5.45. The highest BCUT2D eigenvalue weighted by Crippen LogP contribution is 2.26. The molecule has 1 aromatic carbocycles. The Hall–Kier alpha value is -1.60. The van der Waals surface area contributed by atoms with Crippen LogP contribution >= 0.6 is 0 Å². The smallest absolute Gasteiger partial charge is 0.220 e. The summed E-state index contributed by atoms with van der Waals surface area (Å²) in [7, 11) is -3.14. The largest absolute Gasteiger partial charge is 0.369 e. The van der Waals surface area contributed by atoms with Gasteiger partial charge in [0.05, 0.1) is 5.75 Å². The number of unbranched alkanes of at least 4 members (excludes halogenated alkanes) is 1. The molecule has 2 heterocycles. The van der Waals surface area contributed by atoms with Gasteiger partial charge in [-0.25, -0.2) is 12.7 Å². The van der Waals surface area contributed by atoms with Gasteiger partial charge in [0.15, 0.2) is 0 Å². The number of sulfonamides is 1. The molecule has 1 fully saturated rings. The Balaban J connectivity index is 1.29. The van der Waals surface area contributed by atoms with Gasteiger partial charge >= 0.3 is 0 Å². The summed E-state index contributed by atoms with van der Waals surface area (Å²) in [5.74, 6) is 0.169. The van der Waals surface area contributed by atoms with E-state index in [4.69, 9.17) is 0 Å². The first kappa shape index (κ1) is 20.1. The van der Waals surface area contributed by atoms with Gasteiger partial charge in [-0.15, -0.1) is 0 Å². The fourth-order valence-corrected chi connectivity index (χ4v) is 5.54. The number of fused-ring (bicyclic) bond motifs is 1. The highest BCUT2D eigenvalue weighted by Gasteiger charge is 2.23. The number of hydrogen-bond donors (Lipinski definition) is 1. The van der Waals surface area contributed by atoms with Gasteiger partial charge in [0.2, 0.25) is 15.9 Å². The molecular weight excluding hydrogens is 362 g/mol. The summed E-state index contributed by atoms with van der Waals surface area (Å²) >= 11 is 0. The van der Waals surface area contributed by atoms with Gasteiger partial charge < -0.3 is 10.2 Å². The number of anilines is 1. The van der Waals surface area contributed by atoms with Crippen molar-refractivity contribution in [2.24, 2.45) is 0 Å². The van der Waals surface area contributed by atoms with E-state index < -0.39 is 10.0 Å². The lowest BCUT2D eigenvalue weighted by molar-refractivity contribution is -0.121. The third kappa shape index (κ3) is 5.69. The van der Waals surface area contributed by atoms with Crippen molar-refractivity contribution in [2.75, 3.05) is 43.4 Å². The molecular formula is C20H31N3O3S. The second-order valence-corrected chi connectivity index (χ2v) is 9.54. The molecule has 2 aliphatic rings. The predicted molar refractivity (Wildman–Crippen MR) is 108 cm³/mol. The van der Waals surface area contributed by atoms with E-state index in [1.807, 2.05) is 6.07 Å².